The maximum atomic E-state index is 11.2. The fourth-order valence-corrected chi connectivity index (χ4v) is 4.01. The monoisotopic (exact) mass is 404 g/mol. The van der Waals surface area contributed by atoms with Crippen LogP contribution in [-0.2, 0) is 0 Å². The molecule has 1 unspecified atom stereocenters. The summed E-state index contributed by atoms with van der Waals surface area (Å²) in [5.74, 6) is -0.673. The summed E-state index contributed by atoms with van der Waals surface area (Å²) in [5.41, 5.74) is 3.80. The van der Waals surface area contributed by atoms with Gasteiger partial charge in [-0.2, -0.15) is 0 Å². The molecule has 0 aromatic heterocycles. The molecule has 0 amide bonds. The van der Waals surface area contributed by atoms with Gasteiger partial charge in [0.1, 0.15) is 0 Å². The molecule has 0 spiro atoms. The average Bonchev–Trinajstić information content (AvgIpc) is 2.59. The molecule has 0 saturated heterocycles. The molecular formula is C21H22Cl2N2O2. The Bertz CT molecular complexity index is 938. The predicted octanol–water partition coefficient (Wildman–Crippen LogP) is 6.16. The summed E-state index contributed by atoms with van der Waals surface area (Å²) in [6.45, 7) is 6.69. The molecule has 6 heteroatoms. The van der Waals surface area contributed by atoms with Crippen molar-refractivity contribution in [3.63, 3.8) is 0 Å². The van der Waals surface area contributed by atoms with E-state index in [0.717, 1.165) is 17.7 Å². The minimum Gasteiger partial charge on any atom is -0.478 e. The van der Waals surface area contributed by atoms with E-state index in [1.807, 2.05) is 6.07 Å². The van der Waals surface area contributed by atoms with Crippen molar-refractivity contribution in [1.82, 2.24) is 0 Å². The maximum absolute atomic E-state index is 11.2. The van der Waals surface area contributed by atoms with Gasteiger partial charge in [0.05, 0.1) is 21.3 Å². The Kier molecular flexibility index (Phi) is 5.24. The van der Waals surface area contributed by atoms with E-state index in [9.17, 15) is 9.90 Å². The second kappa shape index (κ2) is 7.17. The maximum Gasteiger partial charge on any atom is 0.337 e. The number of benzene rings is 2. The molecule has 0 saturated carbocycles. The fraction of sp³-hybridized carbons (Fsp3) is 0.333. The normalized spacial score (nSPS) is 18.6. The number of aliphatic imine (C=N–C) groups is 1. The van der Waals surface area contributed by atoms with Crippen LogP contribution in [0.25, 0.3) is 0 Å². The highest BCUT2D eigenvalue weighted by molar-refractivity contribution is 6.34. The molecule has 1 N–H and O–H groups in total. The Morgan fingerprint density at radius 2 is 1.96 bits per heavy atom. The number of hydrogen-bond acceptors (Lipinski definition) is 3. The van der Waals surface area contributed by atoms with Crippen LogP contribution in [-0.4, -0.2) is 29.9 Å². The summed E-state index contributed by atoms with van der Waals surface area (Å²) in [6, 6.07) is 8.72. The standard InChI is InChI=1S/C21H22Cl2N2O2/c1-12-10-21(2,3)25(4)19-9-18(23)13(7-15(12)19)11-24-14-5-6-17(22)16(8-14)20(26)27/h5-9,11-12H,10H2,1-4H3,(H,26,27). The molecule has 0 aliphatic carbocycles. The summed E-state index contributed by atoms with van der Waals surface area (Å²) in [4.78, 5) is 17.9. The number of fused-ring (bicyclic) bond motifs is 1. The predicted molar refractivity (Wildman–Crippen MR) is 113 cm³/mol. The van der Waals surface area contributed by atoms with Crippen molar-refractivity contribution < 1.29 is 9.90 Å². The largest absolute Gasteiger partial charge is 0.478 e. The van der Waals surface area contributed by atoms with Crippen LogP contribution >= 0.6 is 23.2 Å². The molecule has 1 heterocycles. The van der Waals surface area contributed by atoms with Gasteiger partial charge < -0.3 is 10.0 Å². The Balaban J connectivity index is 1.98. The third kappa shape index (κ3) is 3.83. The molecule has 1 aliphatic heterocycles. The van der Waals surface area contributed by atoms with Crippen molar-refractivity contribution in [3.8, 4) is 0 Å². The number of hydrogen-bond donors (Lipinski definition) is 1. The molecule has 142 valence electrons. The number of carbonyl (C=O) groups is 1. The number of rotatable bonds is 3. The van der Waals surface area contributed by atoms with E-state index in [1.165, 1.54) is 17.7 Å². The highest BCUT2D eigenvalue weighted by Gasteiger charge is 2.34. The summed E-state index contributed by atoms with van der Waals surface area (Å²) in [7, 11) is 2.09. The van der Waals surface area contributed by atoms with Gasteiger partial charge >= 0.3 is 5.97 Å². The Morgan fingerprint density at radius 1 is 1.26 bits per heavy atom. The van der Waals surface area contributed by atoms with Gasteiger partial charge in [-0.3, -0.25) is 4.99 Å². The Morgan fingerprint density at radius 3 is 2.63 bits per heavy atom. The Labute approximate surface area is 169 Å². The molecule has 2 aromatic carbocycles. The van der Waals surface area contributed by atoms with Crippen LogP contribution in [0.4, 0.5) is 11.4 Å². The lowest BCUT2D eigenvalue weighted by molar-refractivity contribution is 0.0697. The zero-order valence-electron chi connectivity index (χ0n) is 15.8. The molecular weight excluding hydrogens is 383 g/mol. The van der Waals surface area contributed by atoms with Gasteiger partial charge in [0.2, 0.25) is 0 Å². The second-order valence-corrected chi connectivity index (χ2v) is 8.45. The smallest absolute Gasteiger partial charge is 0.337 e. The topological polar surface area (TPSA) is 52.9 Å². The first-order valence-electron chi connectivity index (χ1n) is 8.74. The summed E-state index contributed by atoms with van der Waals surface area (Å²) < 4.78 is 0. The average molecular weight is 405 g/mol. The van der Waals surface area contributed by atoms with E-state index in [4.69, 9.17) is 23.2 Å². The van der Waals surface area contributed by atoms with Crippen molar-refractivity contribution in [1.29, 1.82) is 0 Å². The van der Waals surface area contributed by atoms with Crippen molar-refractivity contribution in [2.75, 3.05) is 11.9 Å². The summed E-state index contributed by atoms with van der Waals surface area (Å²) in [6.07, 6.45) is 2.72. The van der Waals surface area contributed by atoms with Gasteiger partial charge in [0.25, 0.3) is 0 Å². The number of aromatic carboxylic acids is 1. The van der Waals surface area contributed by atoms with Crippen LogP contribution in [0.2, 0.25) is 10.0 Å². The summed E-state index contributed by atoms with van der Waals surface area (Å²) in [5, 5.41) is 9.99. The molecule has 0 bridgehead atoms. The van der Waals surface area contributed by atoms with E-state index in [2.05, 4.69) is 43.8 Å². The first kappa shape index (κ1) is 19.7. The third-order valence-corrected chi connectivity index (χ3v) is 5.94. The number of nitrogens with zero attached hydrogens (tertiary/aromatic N) is 2. The van der Waals surface area contributed by atoms with Crippen LogP contribution < -0.4 is 4.90 Å². The minimum absolute atomic E-state index is 0.0281. The van der Waals surface area contributed by atoms with Crippen LogP contribution in [0.3, 0.4) is 0 Å². The third-order valence-electron chi connectivity index (χ3n) is 5.29. The van der Waals surface area contributed by atoms with Crippen LogP contribution in [0.1, 0.15) is 54.6 Å². The molecule has 0 radical (unpaired) electrons. The van der Waals surface area contributed by atoms with E-state index in [0.29, 0.717) is 16.6 Å². The first-order valence-corrected chi connectivity index (χ1v) is 9.50. The van der Waals surface area contributed by atoms with Crippen LogP contribution in [0.5, 0.6) is 0 Å². The van der Waals surface area contributed by atoms with Crippen molar-refractivity contribution >= 4 is 46.8 Å². The van der Waals surface area contributed by atoms with E-state index >= 15 is 0 Å². The second-order valence-electron chi connectivity index (χ2n) is 7.64. The number of anilines is 1. The molecule has 2 aromatic rings. The van der Waals surface area contributed by atoms with Crippen molar-refractivity contribution in [2.24, 2.45) is 4.99 Å². The van der Waals surface area contributed by atoms with Crippen LogP contribution in [0.15, 0.2) is 35.3 Å². The number of carboxylic acid groups (broad SMARTS) is 1. The van der Waals surface area contributed by atoms with E-state index in [1.54, 1.807) is 12.3 Å². The first-order chi connectivity index (χ1) is 12.6. The van der Waals surface area contributed by atoms with Crippen molar-refractivity contribution in [3.05, 3.63) is 57.1 Å². The van der Waals surface area contributed by atoms with Gasteiger partial charge in [-0.05, 0) is 62.1 Å². The van der Waals surface area contributed by atoms with E-state index < -0.39 is 5.97 Å². The SMILES string of the molecule is CC1CC(C)(C)N(C)c2cc(Cl)c(C=Nc3ccc(Cl)c(C(=O)O)c3)cc21. The zero-order chi connectivity index (χ0) is 19.9. The molecule has 3 rings (SSSR count). The van der Waals surface area contributed by atoms with Gasteiger partial charge in [-0.1, -0.05) is 30.1 Å². The lowest BCUT2D eigenvalue weighted by atomic mass is 9.80. The van der Waals surface area contributed by atoms with Crippen molar-refractivity contribution in [2.45, 2.75) is 38.6 Å². The number of halogens is 2. The highest BCUT2D eigenvalue weighted by atomic mass is 35.5. The quantitative estimate of drug-likeness (QED) is 0.622. The molecule has 27 heavy (non-hydrogen) atoms. The molecule has 4 nitrogen and oxygen atoms in total. The lowest BCUT2D eigenvalue weighted by Crippen LogP contribution is -2.45. The molecule has 1 aliphatic rings. The highest BCUT2D eigenvalue weighted by Crippen LogP contribution is 2.44. The zero-order valence-corrected chi connectivity index (χ0v) is 17.3. The fourth-order valence-electron chi connectivity index (χ4n) is 3.61. The molecule has 1 atom stereocenters. The van der Waals surface area contributed by atoms with Crippen LogP contribution in [0, 0.1) is 0 Å². The van der Waals surface area contributed by atoms with Gasteiger partial charge in [-0.25, -0.2) is 4.79 Å². The lowest BCUT2D eigenvalue weighted by Gasteiger charge is -2.45. The van der Waals surface area contributed by atoms with E-state index in [-0.39, 0.29) is 16.1 Å². The Hall–Kier alpha value is -2.04. The van der Waals surface area contributed by atoms with Gasteiger partial charge in [-0.15, -0.1) is 0 Å². The molecule has 0 fully saturated rings. The van der Waals surface area contributed by atoms with Gasteiger partial charge in [0.15, 0.2) is 0 Å². The number of carboxylic acids is 1. The van der Waals surface area contributed by atoms with Gasteiger partial charge in [0, 0.05) is 30.1 Å². The minimum atomic E-state index is -1.08. The summed E-state index contributed by atoms with van der Waals surface area (Å²) >= 11 is 12.4.